The van der Waals surface area contributed by atoms with Crippen LogP contribution in [0.15, 0.2) is 30.3 Å². The van der Waals surface area contributed by atoms with Gasteiger partial charge in [-0.05, 0) is 31.4 Å². The number of hydrogen-bond acceptors (Lipinski definition) is 3. The third kappa shape index (κ3) is 4.41. The standard InChI is InChI=1S/C15H24N2O/c16-9-4-5-11-18-15-8-10-17(13-15)12-14-6-2-1-3-7-14/h1-3,6-7,15H,4-5,8-13,16H2. The first-order valence-corrected chi connectivity index (χ1v) is 6.96. The van der Waals surface area contributed by atoms with E-state index >= 15 is 0 Å². The highest BCUT2D eigenvalue weighted by molar-refractivity contribution is 5.14. The molecule has 1 unspecified atom stereocenters. The van der Waals surface area contributed by atoms with E-state index in [0.29, 0.717) is 6.10 Å². The van der Waals surface area contributed by atoms with Crippen LogP contribution in [0, 0.1) is 0 Å². The molecule has 1 heterocycles. The molecule has 0 aromatic heterocycles. The van der Waals surface area contributed by atoms with E-state index in [2.05, 4.69) is 35.2 Å². The van der Waals surface area contributed by atoms with Gasteiger partial charge in [0.05, 0.1) is 6.10 Å². The number of benzene rings is 1. The second-order valence-corrected chi connectivity index (χ2v) is 5.00. The summed E-state index contributed by atoms with van der Waals surface area (Å²) >= 11 is 0. The van der Waals surface area contributed by atoms with E-state index in [4.69, 9.17) is 10.5 Å². The zero-order valence-electron chi connectivity index (χ0n) is 11.1. The van der Waals surface area contributed by atoms with Crippen LogP contribution in [0.3, 0.4) is 0 Å². The summed E-state index contributed by atoms with van der Waals surface area (Å²) in [6.45, 7) is 4.90. The first-order valence-electron chi connectivity index (χ1n) is 6.96. The van der Waals surface area contributed by atoms with Gasteiger partial charge < -0.3 is 10.5 Å². The Morgan fingerprint density at radius 3 is 2.83 bits per heavy atom. The molecular formula is C15H24N2O. The molecule has 3 nitrogen and oxygen atoms in total. The lowest BCUT2D eigenvalue weighted by atomic mass is 10.2. The van der Waals surface area contributed by atoms with Gasteiger partial charge in [-0.1, -0.05) is 30.3 Å². The molecule has 100 valence electrons. The molecule has 1 fully saturated rings. The summed E-state index contributed by atoms with van der Waals surface area (Å²) < 4.78 is 5.88. The van der Waals surface area contributed by atoms with Crippen LogP contribution < -0.4 is 5.73 Å². The van der Waals surface area contributed by atoms with Crippen LogP contribution in [-0.4, -0.2) is 37.2 Å². The number of rotatable bonds is 7. The predicted molar refractivity (Wildman–Crippen MR) is 74.4 cm³/mol. The van der Waals surface area contributed by atoms with E-state index in [1.54, 1.807) is 0 Å². The van der Waals surface area contributed by atoms with Gasteiger partial charge in [-0.2, -0.15) is 0 Å². The third-order valence-corrected chi connectivity index (χ3v) is 3.43. The molecule has 0 amide bonds. The van der Waals surface area contributed by atoms with Gasteiger partial charge in [-0.25, -0.2) is 0 Å². The zero-order valence-corrected chi connectivity index (χ0v) is 11.1. The smallest absolute Gasteiger partial charge is 0.0714 e. The van der Waals surface area contributed by atoms with Crippen LogP contribution in [0.25, 0.3) is 0 Å². The minimum atomic E-state index is 0.423. The summed E-state index contributed by atoms with van der Waals surface area (Å²) in [4.78, 5) is 2.48. The Bertz CT molecular complexity index is 329. The van der Waals surface area contributed by atoms with Crippen molar-refractivity contribution in [3.63, 3.8) is 0 Å². The third-order valence-electron chi connectivity index (χ3n) is 3.43. The number of unbranched alkanes of at least 4 members (excludes halogenated alkanes) is 1. The highest BCUT2D eigenvalue weighted by Gasteiger charge is 2.22. The van der Waals surface area contributed by atoms with Crippen molar-refractivity contribution >= 4 is 0 Å². The van der Waals surface area contributed by atoms with Gasteiger partial charge in [-0.3, -0.25) is 4.90 Å². The quantitative estimate of drug-likeness (QED) is 0.750. The molecule has 0 saturated carbocycles. The molecule has 18 heavy (non-hydrogen) atoms. The Labute approximate surface area is 110 Å². The fraction of sp³-hybridized carbons (Fsp3) is 0.600. The van der Waals surface area contributed by atoms with Crippen molar-refractivity contribution in [2.45, 2.75) is 31.9 Å². The number of likely N-dealkylation sites (tertiary alicyclic amines) is 1. The summed E-state index contributed by atoms with van der Waals surface area (Å²) in [5, 5.41) is 0. The summed E-state index contributed by atoms with van der Waals surface area (Å²) in [7, 11) is 0. The Kier molecular flexibility index (Phi) is 5.65. The van der Waals surface area contributed by atoms with E-state index in [0.717, 1.165) is 52.0 Å². The average molecular weight is 248 g/mol. The first kappa shape index (κ1) is 13.5. The van der Waals surface area contributed by atoms with Crippen molar-refractivity contribution in [2.24, 2.45) is 5.73 Å². The highest BCUT2D eigenvalue weighted by Crippen LogP contribution is 2.16. The molecule has 2 N–H and O–H groups in total. The SMILES string of the molecule is NCCCCOC1CCN(Cc2ccccc2)C1. The Hall–Kier alpha value is -0.900. The number of nitrogens with two attached hydrogens (primary N) is 1. The maximum absolute atomic E-state index is 5.88. The molecule has 1 aromatic rings. The van der Waals surface area contributed by atoms with Crippen LogP contribution in [-0.2, 0) is 11.3 Å². The van der Waals surface area contributed by atoms with Crippen molar-refractivity contribution in [3.8, 4) is 0 Å². The number of hydrogen-bond donors (Lipinski definition) is 1. The average Bonchev–Trinajstić information content (AvgIpc) is 2.84. The monoisotopic (exact) mass is 248 g/mol. The molecule has 0 radical (unpaired) electrons. The van der Waals surface area contributed by atoms with Crippen LogP contribution in [0.1, 0.15) is 24.8 Å². The summed E-state index contributed by atoms with van der Waals surface area (Å²) in [6.07, 6.45) is 3.74. The van der Waals surface area contributed by atoms with Gasteiger partial charge in [0.25, 0.3) is 0 Å². The molecule has 0 bridgehead atoms. The normalized spacial score (nSPS) is 20.4. The molecule has 1 aliphatic rings. The van der Waals surface area contributed by atoms with Gasteiger partial charge in [0.15, 0.2) is 0 Å². The number of nitrogens with zero attached hydrogens (tertiary/aromatic N) is 1. The van der Waals surface area contributed by atoms with Gasteiger partial charge in [-0.15, -0.1) is 0 Å². The molecule has 1 aliphatic heterocycles. The molecular weight excluding hydrogens is 224 g/mol. The second kappa shape index (κ2) is 7.52. The molecule has 1 saturated heterocycles. The van der Waals surface area contributed by atoms with Crippen molar-refractivity contribution in [1.29, 1.82) is 0 Å². The maximum Gasteiger partial charge on any atom is 0.0714 e. The lowest BCUT2D eigenvalue weighted by Gasteiger charge is -2.16. The maximum atomic E-state index is 5.88. The lowest BCUT2D eigenvalue weighted by molar-refractivity contribution is 0.0564. The molecule has 0 aliphatic carbocycles. The van der Waals surface area contributed by atoms with Crippen molar-refractivity contribution in [3.05, 3.63) is 35.9 Å². The van der Waals surface area contributed by atoms with Gasteiger partial charge in [0.2, 0.25) is 0 Å². The lowest BCUT2D eigenvalue weighted by Crippen LogP contribution is -2.23. The van der Waals surface area contributed by atoms with Crippen molar-refractivity contribution < 1.29 is 4.74 Å². The van der Waals surface area contributed by atoms with Crippen molar-refractivity contribution in [2.75, 3.05) is 26.2 Å². The van der Waals surface area contributed by atoms with Gasteiger partial charge >= 0.3 is 0 Å². The molecule has 1 aromatic carbocycles. The Morgan fingerprint density at radius 2 is 2.06 bits per heavy atom. The van der Waals surface area contributed by atoms with Crippen LogP contribution in [0.4, 0.5) is 0 Å². The van der Waals surface area contributed by atoms with E-state index in [1.165, 1.54) is 5.56 Å². The van der Waals surface area contributed by atoms with E-state index in [9.17, 15) is 0 Å². The molecule has 1 atom stereocenters. The highest BCUT2D eigenvalue weighted by atomic mass is 16.5. The van der Waals surface area contributed by atoms with Crippen molar-refractivity contribution in [1.82, 2.24) is 4.90 Å². The largest absolute Gasteiger partial charge is 0.377 e. The van der Waals surface area contributed by atoms with Crippen LogP contribution in [0.2, 0.25) is 0 Å². The minimum Gasteiger partial charge on any atom is -0.377 e. The summed E-state index contributed by atoms with van der Waals surface area (Å²) in [5.74, 6) is 0. The predicted octanol–water partition coefficient (Wildman–Crippen LogP) is 2.02. The molecule has 2 rings (SSSR count). The summed E-state index contributed by atoms with van der Waals surface area (Å²) in [5.41, 5.74) is 6.86. The van der Waals surface area contributed by atoms with E-state index in [1.807, 2.05) is 0 Å². The number of ether oxygens (including phenoxy) is 1. The Morgan fingerprint density at radius 1 is 1.22 bits per heavy atom. The minimum absolute atomic E-state index is 0.423. The zero-order chi connectivity index (χ0) is 12.6. The van der Waals surface area contributed by atoms with Crippen LogP contribution in [0.5, 0.6) is 0 Å². The fourth-order valence-corrected chi connectivity index (χ4v) is 2.41. The van der Waals surface area contributed by atoms with Crippen LogP contribution >= 0.6 is 0 Å². The van der Waals surface area contributed by atoms with E-state index < -0.39 is 0 Å². The molecule has 3 heteroatoms. The Balaban J connectivity index is 1.65. The topological polar surface area (TPSA) is 38.5 Å². The summed E-state index contributed by atoms with van der Waals surface area (Å²) in [6, 6.07) is 10.7. The first-order chi connectivity index (χ1) is 8.88. The van der Waals surface area contributed by atoms with Gasteiger partial charge in [0.1, 0.15) is 0 Å². The van der Waals surface area contributed by atoms with Gasteiger partial charge in [0, 0.05) is 26.2 Å². The van der Waals surface area contributed by atoms with E-state index in [-0.39, 0.29) is 0 Å². The fourth-order valence-electron chi connectivity index (χ4n) is 2.41. The molecule has 0 spiro atoms. The second-order valence-electron chi connectivity index (χ2n) is 5.00.